The van der Waals surface area contributed by atoms with Crippen LogP contribution in [0.5, 0.6) is 11.5 Å². The third kappa shape index (κ3) is 4.86. The van der Waals surface area contributed by atoms with E-state index >= 15 is 0 Å². The number of carbonyl (C=O) groups is 2. The number of hydrogen-bond acceptors (Lipinski definition) is 14. The molecule has 1 saturated heterocycles. The highest BCUT2D eigenvalue weighted by Crippen LogP contribution is 2.51. The Morgan fingerprint density at radius 3 is 2.56 bits per heavy atom. The first-order valence-electron chi connectivity index (χ1n) is 12.7. The van der Waals surface area contributed by atoms with Gasteiger partial charge in [0.2, 0.25) is 6.29 Å². The number of esters is 2. The van der Waals surface area contributed by atoms with Crippen molar-refractivity contribution in [2.24, 2.45) is 11.8 Å². The Hall–Kier alpha value is -3.50. The van der Waals surface area contributed by atoms with Crippen LogP contribution in [0.3, 0.4) is 0 Å². The lowest BCUT2D eigenvalue weighted by Crippen LogP contribution is -2.60. The summed E-state index contributed by atoms with van der Waals surface area (Å²) in [5, 5.41) is 61.3. The van der Waals surface area contributed by atoms with Crippen molar-refractivity contribution in [3.63, 3.8) is 0 Å². The molecule has 1 fully saturated rings. The van der Waals surface area contributed by atoms with Crippen LogP contribution >= 0.6 is 0 Å². The van der Waals surface area contributed by atoms with Crippen LogP contribution in [0.15, 0.2) is 53.8 Å². The maximum Gasteiger partial charge on any atom is 0.338 e. The molecule has 0 bridgehead atoms. The molecule has 0 aromatic heterocycles. The van der Waals surface area contributed by atoms with E-state index < -0.39 is 79.1 Å². The van der Waals surface area contributed by atoms with Crippen molar-refractivity contribution in [2.75, 3.05) is 20.8 Å². The number of phenols is 1. The molecule has 0 amide bonds. The van der Waals surface area contributed by atoms with E-state index in [9.17, 15) is 40.2 Å². The number of hydrogen-bond donors (Lipinski definition) is 6. The third-order valence-corrected chi connectivity index (χ3v) is 7.69. The van der Waals surface area contributed by atoms with Crippen LogP contribution in [0.2, 0.25) is 0 Å². The number of phenolic OH excluding ortho intramolecular Hbond substituents is 1. The minimum Gasteiger partial charge on any atom is -0.504 e. The SMILES string of the molecule is COC(=O)C1=CO[C@@H](O[C@@H]2O[C@H](CO)[C@@H](O)[C@H](O)[C@H]2O)[C@H]2[C@@H]1C=C[C@@]21C=C([C@@H](O)c2ccc(O)c(OC)c2)C(=O)O1. The number of aliphatic hydroxyl groups is 5. The van der Waals surface area contributed by atoms with E-state index in [-0.39, 0.29) is 28.2 Å². The van der Waals surface area contributed by atoms with Crippen molar-refractivity contribution in [3.8, 4) is 11.5 Å². The fraction of sp³-hybridized carbons (Fsp3) is 0.481. The summed E-state index contributed by atoms with van der Waals surface area (Å²) in [6, 6.07) is 4.06. The Bertz CT molecular complexity index is 1290. The van der Waals surface area contributed by atoms with E-state index in [2.05, 4.69) is 0 Å². The summed E-state index contributed by atoms with van der Waals surface area (Å²) in [5.74, 6) is -3.50. The van der Waals surface area contributed by atoms with Crippen LogP contribution in [-0.2, 0) is 33.3 Å². The number of ether oxygens (including phenoxy) is 6. The first kappa shape index (κ1) is 29.0. The summed E-state index contributed by atoms with van der Waals surface area (Å²) in [7, 11) is 2.51. The second-order valence-corrected chi connectivity index (χ2v) is 9.99. The molecule has 14 nitrogen and oxygen atoms in total. The minimum absolute atomic E-state index is 0.0704. The predicted octanol–water partition coefficient (Wildman–Crippen LogP) is -1.31. The number of fused-ring (bicyclic) bond motifs is 2. The smallest absolute Gasteiger partial charge is 0.338 e. The van der Waals surface area contributed by atoms with Crippen LogP contribution in [0.4, 0.5) is 0 Å². The maximum absolute atomic E-state index is 13.1. The van der Waals surface area contributed by atoms with Crippen molar-refractivity contribution < 1.29 is 68.6 Å². The van der Waals surface area contributed by atoms with Gasteiger partial charge in [0.1, 0.15) is 30.5 Å². The van der Waals surface area contributed by atoms with Crippen LogP contribution < -0.4 is 4.74 Å². The standard InChI is InChI=1S/C27H30O14/c1-36-16-7-11(3-4-15(16)29)19(30)13-8-27(41-24(13)35)6-5-12-14(23(34)37-2)10-38-25(18(12)27)40-26-22(33)21(32)20(31)17(9-28)39-26/h3-8,10,12,17-22,25-26,28-33H,9H2,1-2H3/t12-,17-,18-,19+,20-,21+,22-,25+,26+,27-/m1/s1. The number of carbonyl (C=O) groups excluding carboxylic acids is 2. The predicted molar refractivity (Wildman–Crippen MR) is 132 cm³/mol. The molecule has 1 spiro atoms. The summed E-state index contributed by atoms with van der Waals surface area (Å²) in [4.78, 5) is 25.7. The van der Waals surface area contributed by atoms with Crippen molar-refractivity contribution >= 4 is 11.9 Å². The molecule has 5 rings (SSSR count). The first-order chi connectivity index (χ1) is 19.5. The highest BCUT2D eigenvalue weighted by Gasteiger charge is 2.60. The number of aromatic hydroxyl groups is 1. The zero-order valence-corrected chi connectivity index (χ0v) is 21.9. The van der Waals surface area contributed by atoms with Crippen LogP contribution in [0, 0.1) is 11.8 Å². The van der Waals surface area contributed by atoms with E-state index in [1.54, 1.807) is 6.08 Å². The van der Waals surface area contributed by atoms with Gasteiger partial charge in [0.25, 0.3) is 0 Å². The molecule has 0 unspecified atom stereocenters. The molecule has 1 aromatic rings. The highest BCUT2D eigenvalue weighted by atomic mass is 16.8. The number of methoxy groups -OCH3 is 2. The van der Waals surface area contributed by atoms with Gasteiger partial charge in [-0.15, -0.1) is 0 Å². The largest absolute Gasteiger partial charge is 0.504 e. The van der Waals surface area contributed by atoms with Gasteiger partial charge in [-0.05, 0) is 29.8 Å². The van der Waals surface area contributed by atoms with E-state index in [1.165, 1.54) is 44.6 Å². The first-order valence-corrected chi connectivity index (χ1v) is 12.7. The molecule has 6 N–H and O–H groups in total. The lowest BCUT2D eigenvalue weighted by Gasteiger charge is -2.44. The van der Waals surface area contributed by atoms with Crippen LogP contribution in [0.1, 0.15) is 11.7 Å². The molecule has 0 saturated carbocycles. The Morgan fingerprint density at radius 1 is 1.12 bits per heavy atom. The molecule has 1 aromatic carbocycles. The summed E-state index contributed by atoms with van der Waals surface area (Å²) >= 11 is 0. The number of allylic oxidation sites excluding steroid dienone is 1. The molecule has 4 aliphatic rings. The van der Waals surface area contributed by atoms with Crippen molar-refractivity contribution in [2.45, 2.75) is 48.7 Å². The van der Waals surface area contributed by atoms with E-state index in [4.69, 9.17) is 28.4 Å². The molecule has 14 heteroatoms. The fourth-order valence-electron chi connectivity index (χ4n) is 5.51. The molecule has 1 aliphatic carbocycles. The van der Waals surface area contributed by atoms with Crippen LogP contribution in [0.25, 0.3) is 0 Å². The van der Waals surface area contributed by atoms with Crippen molar-refractivity contribution in [1.29, 1.82) is 0 Å². The molecule has 3 heterocycles. The van der Waals surface area contributed by atoms with Gasteiger partial charge in [-0.1, -0.05) is 12.1 Å². The zero-order chi connectivity index (χ0) is 29.6. The zero-order valence-electron chi connectivity index (χ0n) is 21.9. The topological polar surface area (TPSA) is 211 Å². The van der Waals surface area contributed by atoms with Gasteiger partial charge in [0, 0.05) is 5.92 Å². The van der Waals surface area contributed by atoms with Crippen molar-refractivity contribution in [1.82, 2.24) is 0 Å². The lowest BCUT2D eigenvalue weighted by molar-refractivity contribution is -0.344. The molecule has 3 aliphatic heterocycles. The fourth-order valence-corrected chi connectivity index (χ4v) is 5.51. The Labute approximate surface area is 233 Å². The second-order valence-electron chi connectivity index (χ2n) is 9.99. The maximum atomic E-state index is 13.1. The van der Waals surface area contributed by atoms with Crippen LogP contribution in [-0.4, -0.2) is 106 Å². The van der Waals surface area contributed by atoms with Gasteiger partial charge in [-0.2, -0.15) is 0 Å². The summed E-state index contributed by atoms with van der Waals surface area (Å²) < 4.78 is 32.8. The Balaban J connectivity index is 1.49. The number of aliphatic hydroxyl groups excluding tert-OH is 5. The van der Waals surface area contributed by atoms with E-state index in [1.807, 2.05) is 0 Å². The van der Waals surface area contributed by atoms with Gasteiger partial charge in [0.05, 0.1) is 44.2 Å². The summed E-state index contributed by atoms with van der Waals surface area (Å²) in [6.45, 7) is -0.691. The average Bonchev–Trinajstić information content (AvgIpc) is 3.52. The normalized spacial score (nSPS) is 36.6. The lowest BCUT2D eigenvalue weighted by atomic mass is 9.78. The molecule has 41 heavy (non-hydrogen) atoms. The van der Waals surface area contributed by atoms with Gasteiger partial charge < -0.3 is 59.1 Å². The molecule has 10 atom stereocenters. The average molecular weight is 579 g/mol. The van der Waals surface area contributed by atoms with Gasteiger partial charge in [0.15, 0.2) is 23.4 Å². The Morgan fingerprint density at radius 2 is 1.88 bits per heavy atom. The molecule has 222 valence electrons. The molecular formula is C27H30O14. The number of rotatable bonds is 7. The van der Waals surface area contributed by atoms with Crippen molar-refractivity contribution in [3.05, 3.63) is 59.4 Å². The Kier molecular flexibility index (Phi) is 7.82. The quantitative estimate of drug-likeness (QED) is 0.164. The second kappa shape index (κ2) is 11.1. The highest BCUT2D eigenvalue weighted by molar-refractivity contribution is 5.94. The molecule has 0 radical (unpaired) electrons. The summed E-state index contributed by atoms with van der Waals surface area (Å²) in [5.41, 5.74) is -1.46. The van der Waals surface area contributed by atoms with Gasteiger partial charge >= 0.3 is 11.9 Å². The summed E-state index contributed by atoms with van der Waals surface area (Å²) in [6.07, 6.45) is -5.27. The van der Waals surface area contributed by atoms with E-state index in [0.717, 1.165) is 6.26 Å². The van der Waals surface area contributed by atoms with Gasteiger partial charge in [-0.25, -0.2) is 9.59 Å². The molecular weight excluding hydrogens is 548 g/mol. The number of benzene rings is 1. The third-order valence-electron chi connectivity index (χ3n) is 7.69. The van der Waals surface area contributed by atoms with E-state index in [0.29, 0.717) is 0 Å². The monoisotopic (exact) mass is 578 g/mol. The van der Waals surface area contributed by atoms with Gasteiger partial charge in [-0.3, -0.25) is 0 Å². The minimum atomic E-state index is -1.75.